The van der Waals surface area contributed by atoms with Gasteiger partial charge in [-0.05, 0) is 31.9 Å². The van der Waals surface area contributed by atoms with Crippen LogP contribution in [-0.2, 0) is 0 Å². The summed E-state index contributed by atoms with van der Waals surface area (Å²) in [5, 5.41) is 6.10. The molecule has 2 amide bonds. The van der Waals surface area contributed by atoms with Crippen molar-refractivity contribution in [1.29, 1.82) is 0 Å². The van der Waals surface area contributed by atoms with Crippen LogP contribution in [0.2, 0.25) is 0 Å². The van der Waals surface area contributed by atoms with Gasteiger partial charge in [-0.3, -0.25) is 0 Å². The van der Waals surface area contributed by atoms with Gasteiger partial charge in [0.25, 0.3) is 0 Å². The number of hydrogen-bond donors (Lipinski definition) is 2. The number of thioether (sulfide) groups is 1. The van der Waals surface area contributed by atoms with Crippen molar-refractivity contribution in [2.24, 2.45) is 0 Å². The number of carbonyl (C=O) groups is 1. The Morgan fingerprint density at radius 2 is 1.88 bits per heavy atom. The molecule has 1 rings (SSSR count). The minimum Gasteiger partial charge on any atom is -0.337 e. The molecule has 1 fully saturated rings. The lowest BCUT2D eigenvalue weighted by Crippen LogP contribution is -2.46. The van der Waals surface area contributed by atoms with Crippen molar-refractivity contribution in [2.45, 2.75) is 63.2 Å². The van der Waals surface area contributed by atoms with Crippen LogP contribution in [0.5, 0.6) is 0 Å². The van der Waals surface area contributed by atoms with Gasteiger partial charge in [0, 0.05) is 17.3 Å². The van der Waals surface area contributed by atoms with Crippen LogP contribution in [0.15, 0.2) is 0 Å². The van der Waals surface area contributed by atoms with Gasteiger partial charge in [-0.2, -0.15) is 11.8 Å². The largest absolute Gasteiger partial charge is 0.337 e. The second kappa shape index (κ2) is 7.14. The number of hydrogen-bond acceptors (Lipinski definition) is 2. The van der Waals surface area contributed by atoms with Crippen LogP contribution >= 0.6 is 11.8 Å². The van der Waals surface area contributed by atoms with E-state index in [1.807, 2.05) is 11.8 Å². The first-order chi connectivity index (χ1) is 8.15. The standard InChI is InChI=1S/C13H26N2OS/c1-4-13(5-2,17-3)10-14-12(16)15-11-8-6-7-9-11/h11H,4-10H2,1-3H3,(H2,14,15,16). The molecule has 0 radical (unpaired) electrons. The molecule has 0 atom stereocenters. The van der Waals surface area contributed by atoms with E-state index in [-0.39, 0.29) is 10.8 Å². The Labute approximate surface area is 109 Å². The minimum absolute atomic E-state index is 0.0113. The Hall–Kier alpha value is -0.380. The molecule has 2 N–H and O–H groups in total. The first kappa shape index (κ1) is 14.7. The van der Waals surface area contributed by atoms with Gasteiger partial charge in [0.05, 0.1) is 0 Å². The van der Waals surface area contributed by atoms with Crippen molar-refractivity contribution in [3.63, 3.8) is 0 Å². The van der Waals surface area contributed by atoms with Crippen LogP contribution in [0, 0.1) is 0 Å². The molecule has 100 valence electrons. The molecule has 0 aromatic heterocycles. The number of nitrogens with one attached hydrogen (secondary N) is 2. The predicted octanol–water partition coefficient (Wildman–Crippen LogP) is 3.15. The highest BCUT2D eigenvalue weighted by Crippen LogP contribution is 2.29. The molecule has 0 saturated heterocycles. The summed E-state index contributed by atoms with van der Waals surface area (Å²) in [5.41, 5.74) is 0. The van der Waals surface area contributed by atoms with Gasteiger partial charge in [0.15, 0.2) is 0 Å². The average molecular weight is 258 g/mol. The van der Waals surface area contributed by atoms with Crippen molar-refractivity contribution < 1.29 is 4.79 Å². The summed E-state index contributed by atoms with van der Waals surface area (Å²) in [6.07, 6.45) is 9.10. The van der Waals surface area contributed by atoms with Crippen LogP contribution in [0.25, 0.3) is 0 Å². The smallest absolute Gasteiger partial charge is 0.315 e. The molecule has 0 heterocycles. The summed E-state index contributed by atoms with van der Waals surface area (Å²) in [6, 6.07) is 0.416. The third-order valence-electron chi connectivity index (χ3n) is 3.98. The van der Waals surface area contributed by atoms with Crippen molar-refractivity contribution in [3.05, 3.63) is 0 Å². The van der Waals surface area contributed by atoms with Crippen molar-refractivity contribution in [3.8, 4) is 0 Å². The van der Waals surface area contributed by atoms with E-state index in [0.717, 1.165) is 32.2 Å². The monoisotopic (exact) mass is 258 g/mol. The maximum absolute atomic E-state index is 11.8. The Balaban J connectivity index is 2.30. The van der Waals surface area contributed by atoms with E-state index >= 15 is 0 Å². The molecule has 1 saturated carbocycles. The molecule has 0 aromatic rings. The van der Waals surface area contributed by atoms with Crippen molar-refractivity contribution in [1.82, 2.24) is 10.6 Å². The molecular formula is C13H26N2OS. The molecule has 0 spiro atoms. The topological polar surface area (TPSA) is 41.1 Å². The van der Waals surface area contributed by atoms with E-state index in [4.69, 9.17) is 0 Å². The summed E-state index contributed by atoms with van der Waals surface area (Å²) >= 11 is 1.86. The van der Waals surface area contributed by atoms with Crippen LogP contribution in [-0.4, -0.2) is 29.6 Å². The van der Waals surface area contributed by atoms with Crippen LogP contribution in [0.3, 0.4) is 0 Å². The van der Waals surface area contributed by atoms with E-state index in [2.05, 4.69) is 30.7 Å². The average Bonchev–Trinajstić information content (AvgIpc) is 2.84. The third kappa shape index (κ3) is 4.41. The van der Waals surface area contributed by atoms with E-state index in [0.29, 0.717) is 6.04 Å². The van der Waals surface area contributed by atoms with Gasteiger partial charge in [0.1, 0.15) is 0 Å². The zero-order valence-corrected chi connectivity index (χ0v) is 12.2. The van der Waals surface area contributed by atoms with Gasteiger partial charge >= 0.3 is 6.03 Å². The van der Waals surface area contributed by atoms with Crippen molar-refractivity contribution >= 4 is 17.8 Å². The highest BCUT2D eigenvalue weighted by molar-refractivity contribution is 8.00. The van der Waals surface area contributed by atoms with E-state index < -0.39 is 0 Å². The Morgan fingerprint density at radius 1 is 1.29 bits per heavy atom. The summed E-state index contributed by atoms with van der Waals surface area (Å²) in [7, 11) is 0. The first-order valence-corrected chi connectivity index (χ1v) is 7.97. The molecule has 17 heavy (non-hydrogen) atoms. The third-order valence-corrected chi connectivity index (χ3v) is 5.57. The Morgan fingerprint density at radius 3 is 2.35 bits per heavy atom. The first-order valence-electron chi connectivity index (χ1n) is 6.75. The fraction of sp³-hybridized carbons (Fsp3) is 0.923. The minimum atomic E-state index is 0.0113. The van der Waals surface area contributed by atoms with Crippen LogP contribution in [0.4, 0.5) is 4.79 Å². The zero-order chi connectivity index (χ0) is 12.7. The number of amides is 2. The lowest BCUT2D eigenvalue weighted by atomic mass is 10.0. The Bertz CT molecular complexity index is 227. The van der Waals surface area contributed by atoms with E-state index in [1.165, 1.54) is 12.8 Å². The van der Waals surface area contributed by atoms with Crippen molar-refractivity contribution in [2.75, 3.05) is 12.8 Å². The summed E-state index contributed by atoms with van der Waals surface area (Å²) in [4.78, 5) is 11.8. The van der Waals surface area contributed by atoms with Crippen LogP contribution < -0.4 is 10.6 Å². The molecule has 0 unspecified atom stereocenters. The van der Waals surface area contributed by atoms with E-state index in [9.17, 15) is 4.79 Å². The molecule has 0 aliphatic heterocycles. The van der Waals surface area contributed by atoms with Gasteiger partial charge < -0.3 is 10.6 Å². The molecule has 0 aromatic carbocycles. The quantitative estimate of drug-likeness (QED) is 0.768. The number of carbonyl (C=O) groups excluding carboxylic acids is 1. The predicted molar refractivity (Wildman–Crippen MR) is 75.6 cm³/mol. The molecule has 1 aliphatic rings. The second-order valence-corrected chi connectivity index (χ2v) is 6.18. The van der Waals surface area contributed by atoms with Gasteiger partial charge in [0.2, 0.25) is 0 Å². The fourth-order valence-corrected chi connectivity index (χ4v) is 3.20. The number of rotatable bonds is 6. The molecule has 4 heteroatoms. The maximum atomic E-state index is 11.8. The number of urea groups is 1. The summed E-state index contributed by atoms with van der Waals surface area (Å²) < 4.78 is 0.201. The van der Waals surface area contributed by atoms with Gasteiger partial charge in [-0.15, -0.1) is 0 Å². The lowest BCUT2D eigenvalue weighted by Gasteiger charge is -2.30. The molecule has 3 nitrogen and oxygen atoms in total. The molecule has 0 bridgehead atoms. The Kier molecular flexibility index (Phi) is 6.17. The molecular weight excluding hydrogens is 232 g/mol. The van der Waals surface area contributed by atoms with Gasteiger partial charge in [-0.1, -0.05) is 26.7 Å². The second-order valence-electron chi connectivity index (χ2n) is 4.90. The molecule has 1 aliphatic carbocycles. The zero-order valence-electron chi connectivity index (χ0n) is 11.3. The van der Waals surface area contributed by atoms with Gasteiger partial charge in [-0.25, -0.2) is 4.79 Å². The summed E-state index contributed by atoms with van der Waals surface area (Å²) in [5.74, 6) is 0. The highest BCUT2D eigenvalue weighted by atomic mass is 32.2. The summed E-state index contributed by atoms with van der Waals surface area (Å²) in [6.45, 7) is 5.15. The SMILES string of the molecule is CCC(CC)(CNC(=O)NC1CCCC1)SC. The van der Waals surface area contributed by atoms with E-state index in [1.54, 1.807) is 0 Å². The normalized spacial score (nSPS) is 17.1. The fourth-order valence-electron chi connectivity index (χ4n) is 2.41. The lowest BCUT2D eigenvalue weighted by molar-refractivity contribution is 0.235. The highest BCUT2D eigenvalue weighted by Gasteiger charge is 2.26. The maximum Gasteiger partial charge on any atom is 0.315 e. The van der Waals surface area contributed by atoms with Crippen LogP contribution in [0.1, 0.15) is 52.4 Å².